The Morgan fingerprint density at radius 3 is 2.00 bits per heavy atom. The quantitative estimate of drug-likeness (QED) is 0.442. The highest BCUT2D eigenvalue weighted by Gasteiger charge is 2.12. The van der Waals surface area contributed by atoms with Crippen molar-refractivity contribution in [3.05, 3.63) is 34.9 Å². The number of hydrogen-bond acceptors (Lipinski definition) is 6. The second kappa shape index (κ2) is 11.2. The standard InChI is InChI=1S/C20H27ClN6O2/c1-4-17(29)23-10-12-25-19-13(2)18(24-11-9-22-14(3)28)26-20(27-19)15-5-7-16(21)8-6-15/h5-8H,4,9-12H2,1-3H3,(H,22,28)(H,23,29)(H2,24,25,26,27). The van der Waals surface area contributed by atoms with Gasteiger partial charge in [-0.3, -0.25) is 9.59 Å². The molecule has 0 spiro atoms. The summed E-state index contributed by atoms with van der Waals surface area (Å²) in [6.45, 7) is 7.26. The molecule has 0 aliphatic heterocycles. The second-order valence-electron chi connectivity index (χ2n) is 6.42. The Hall–Kier alpha value is -2.87. The third-order valence-corrected chi connectivity index (χ3v) is 4.35. The first kappa shape index (κ1) is 22.4. The van der Waals surface area contributed by atoms with Crippen LogP contribution in [0.25, 0.3) is 11.4 Å². The van der Waals surface area contributed by atoms with Crippen LogP contribution in [-0.2, 0) is 9.59 Å². The maximum atomic E-state index is 11.4. The fourth-order valence-electron chi connectivity index (χ4n) is 2.52. The van der Waals surface area contributed by atoms with Crippen molar-refractivity contribution in [2.45, 2.75) is 27.2 Å². The van der Waals surface area contributed by atoms with Crippen molar-refractivity contribution in [3.8, 4) is 11.4 Å². The van der Waals surface area contributed by atoms with Gasteiger partial charge < -0.3 is 21.3 Å². The fourth-order valence-corrected chi connectivity index (χ4v) is 2.64. The molecule has 2 rings (SSSR count). The largest absolute Gasteiger partial charge is 0.368 e. The molecule has 2 aromatic rings. The van der Waals surface area contributed by atoms with Crippen molar-refractivity contribution in [2.75, 3.05) is 36.8 Å². The van der Waals surface area contributed by atoms with Crippen molar-refractivity contribution in [3.63, 3.8) is 0 Å². The van der Waals surface area contributed by atoms with Crippen LogP contribution >= 0.6 is 11.6 Å². The van der Waals surface area contributed by atoms with Crippen molar-refractivity contribution in [1.82, 2.24) is 20.6 Å². The summed E-state index contributed by atoms with van der Waals surface area (Å²) in [6.07, 6.45) is 0.454. The van der Waals surface area contributed by atoms with Crippen LogP contribution in [0.4, 0.5) is 11.6 Å². The summed E-state index contributed by atoms with van der Waals surface area (Å²) in [4.78, 5) is 31.7. The fraction of sp³-hybridized carbons (Fsp3) is 0.400. The zero-order chi connectivity index (χ0) is 21.2. The van der Waals surface area contributed by atoms with Crippen molar-refractivity contribution in [2.24, 2.45) is 0 Å². The highest BCUT2D eigenvalue weighted by Crippen LogP contribution is 2.25. The van der Waals surface area contributed by atoms with Gasteiger partial charge in [0.2, 0.25) is 11.8 Å². The molecule has 0 unspecified atom stereocenters. The number of halogens is 1. The number of rotatable bonds is 10. The topological polar surface area (TPSA) is 108 Å². The lowest BCUT2D eigenvalue weighted by Gasteiger charge is -2.16. The molecule has 0 saturated heterocycles. The summed E-state index contributed by atoms with van der Waals surface area (Å²) in [6, 6.07) is 7.30. The lowest BCUT2D eigenvalue weighted by molar-refractivity contribution is -0.121. The molecule has 1 aromatic carbocycles. The SMILES string of the molecule is CCC(=O)NCCNc1nc(-c2ccc(Cl)cc2)nc(NCCNC(C)=O)c1C. The lowest BCUT2D eigenvalue weighted by Crippen LogP contribution is -2.28. The van der Waals surface area contributed by atoms with Crippen molar-refractivity contribution >= 4 is 35.1 Å². The Bertz CT molecular complexity index is 842. The molecule has 0 aliphatic carbocycles. The number of nitrogens with one attached hydrogen (secondary N) is 4. The van der Waals surface area contributed by atoms with E-state index in [0.29, 0.717) is 55.1 Å². The van der Waals surface area contributed by atoms with Crippen molar-refractivity contribution in [1.29, 1.82) is 0 Å². The molecule has 29 heavy (non-hydrogen) atoms. The van der Waals surface area contributed by atoms with E-state index in [1.54, 1.807) is 12.1 Å². The van der Waals surface area contributed by atoms with Crippen LogP contribution in [0.5, 0.6) is 0 Å². The number of hydrogen-bond donors (Lipinski definition) is 4. The Balaban J connectivity index is 2.19. The molecule has 0 radical (unpaired) electrons. The smallest absolute Gasteiger partial charge is 0.219 e. The minimum absolute atomic E-state index is 0.00777. The number of carbonyl (C=O) groups is 2. The summed E-state index contributed by atoms with van der Waals surface area (Å²) in [5.74, 6) is 1.83. The number of aromatic nitrogens is 2. The van der Waals surface area contributed by atoms with Gasteiger partial charge in [-0.25, -0.2) is 9.97 Å². The molecule has 0 saturated carbocycles. The molecule has 0 fully saturated rings. The van der Waals surface area contributed by atoms with Gasteiger partial charge in [-0.15, -0.1) is 0 Å². The number of anilines is 2. The first-order valence-electron chi connectivity index (χ1n) is 9.54. The lowest BCUT2D eigenvalue weighted by atomic mass is 10.2. The third-order valence-electron chi connectivity index (χ3n) is 4.10. The second-order valence-corrected chi connectivity index (χ2v) is 6.85. The van der Waals surface area contributed by atoms with Gasteiger partial charge in [-0.2, -0.15) is 0 Å². The normalized spacial score (nSPS) is 10.3. The van der Waals surface area contributed by atoms with Gasteiger partial charge in [-0.1, -0.05) is 18.5 Å². The zero-order valence-electron chi connectivity index (χ0n) is 16.9. The molecule has 4 N–H and O–H groups in total. The maximum absolute atomic E-state index is 11.4. The van der Waals surface area contributed by atoms with Gasteiger partial charge in [0.05, 0.1) is 0 Å². The average Bonchev–Trinajstić information content (AvgIpc) is 2.70. The van der Waals surface area contributed by atoms with E-state index in [0.717, 1.165) is 11.1 Å². The number of nitrogens with zero attached hydrogens (tertiary/aromatic N) is 2. The maximum Gasteiger partial charge on any atom is 0.219 e. The van der Waals surface area contributed by atoms with Crippen LogP contribution in [-0.4, -0.2) is 48.0 Å². The minimum atomic E-state index is -0.0791. The van der Waals surface area contributed by atoms with Gasteiger partial charge >= 0.3 is 0 Å². The summed E-state index contributed by atoms with van der Waals surface area (Å²) in [5.41, 5.74) is 1.69. The van der Waals surface area contributed by atoms with Crippen LogP contribution in [0, 0.1) is 6.92 Å². The van der Waals surface area contributed by atoms with E-state index in [1.165, 1.54) is 6.92 Å². The number of benzene rings is 1. The Kier molecular flexibility index (Phi) is 8.67. The van der Waals surface area contributed by atoms with Crippen LogP contribution in [0.1, 0.15) is 25.8 Å². The summed E-state index contributed by atoms with van der Waals surface area (Å²) < 4.78 is 0. The predicted octanol–water partition coefficient (Wildman–Crippen LogP) is 2.59. The first-order valence-corrected chi connectivity index (χ1v) is 9.92. The molecule has 1 aromatic heterocycles. The Morgan fingerprint density at radius 1 is 0.931 bits per heavy atom. The van der Waals surface area contributed by atoms with Gasteiger partial charge in [0.25, 0.3) is 0 Å². The Morgan fingerprint density at radius 2 is 1.48 bits per heavy atom. The minimum Gasteiger partial charge on any atom is -0.368 e. The van der Waals surface area contributed by atoms with Gasteiger partial charge in [0.15, 0.2) is 5.82 Å². The van der Waals surface area contributed by atoms with E-state index in [2.05, 4.69) is 31.2 Å². The summed E-state index contributed by atoms with van der Waals surface area (Å²) in [7, 11) is 0. The van der Waals surface area contributed by atoms with Crippen LogP contribution in [0.3, 0.4) is 0 Å². The predicted molar refractivity (Wildman–Crippen MR) is 116 cm³/mol. The molecule has 0 aliphatic rings. The van der Waals surface area contributed by atoms with Crippen LogP contribution < -0.4 is 21.3 Å². The molecular weight excluding hydrogens is 392 g/mol. The molecule has 0 atom stereocenters. The highest BCUT2D eigenvalue weighted by molar-refractivity contribution is 6.30. The third kappa shape index (κ3) is 7.23. The highest BCUT2D eigenvalue weighted by atomic mass is 35.5. The number of amides is 2. The van der Waals surface area contributed by atoms with E-state index in [4.69, 9.17) is 11.6 Å². The Labute approximate surface area is 175 Å². The summed E-state index contributed by atoms with van der Waals surface area (Å²) >= 11 is 5.98. The summed E-state index contributed by atoms with van der Waals surface area (Å²) in [5, 5.41) is 12.7. The van der Waals surface area contributed by atoms with E-state index in [1.807, 2.05) is 26.0 Å². The van der Waals surface area contributed by atoms with Gasteiger partial charge in [-0.05, 0) is 31.2 Å². The van der Waals surface area contributed by atoms with Gasteiger partial charge in [0, 0.05) is 55.7 Å². The van der Waals surface area contributed by atoms with E-state index in [-0.39, 0.29) is 11.8 Å². The van der Waals surface area contributed by atoms with E-state index in [9.17, 15) is 9.59 Å². The molecule has 2 amide bonds. The zero-order valence-corrected chi connectivity index (χ0v) is 17.7. The van der Waals surface area contributed by atoms with E-state index >= 15 is 0 Å². The first-order chi connectivity index (χ1) is 13.9. The van der Waals surface area contributed by atoms with E-state index < -0.39 is 0 Å². The van der Waals surface area contributed by atoms with Crippen molar-refractivity contribution < 1.29 is 9.59 Å². The van der Waals surface area contributed by atoms with Crippen LogP contribution in [0.2, 0.25) is 5.02 Å². The molecule has 156 valence electrons. The molecule has 9 heteroatoms. The molecule has 1 heterocycles. The molecular formula is C20H27ClN6O2. The molecule has 8 nitrogen and oxygen atoms in total. The van der Waals surface area contributed by atoms with Crippen LogP contribution in [0.15, 0.2) is 24.3 Å². The van der Waals surface area contributed by atoms with Gasteiger partial charge in [0.1, 0.15) is 11.6 Å². The molecule has 0 bridgehead atoms. The average molecular weight is 419 g/mol. The number of carbonyl (C=O) groups excluding carboxylic acids is 2. The monoisotopic (exact) mass is 418 g/mol.